The van der Waals surface area contributed by atoms with Gasteiger partial charge in [0.05, 0.1) is 0 Å². The van der Waals surface area contributed by atoms with Gasteiger partial charge in [0.15, 0.2) is 0 Å². The van der Waals surface area contributed by atoms with E-state index < -0.39 is 12.2 Å². The van der Waals surface area contributed by atoms with Crippen molar-refractivity contribution in [2.75, 3.05) is 13.6 Å². The molecule has 0 radical (unpaired) electrons. The van der Waals surface area contributed by atoms with Gasteiger partial charge >= 0.3 is 6.18 Å². The maximum atomic E-state index is 13.2. The number of hydrogen-bond acceptors (Lipinski definition) is 2. The molecule has 0 spiro atoms. The van der Waals surface area contributed by atoms with Gasteiger partial charge in [0.25, 0.3) is 0 Å². The van der Waals surface area contributed by atoms with Crippen LogP contribution in [0.25, 0.3) is 0 Å². The second-order valence-electron chi connectivity index (χ2n) is 5.54. The molecule has 1 aliphatic carbocycles. The molecule has 112 valence electrons. The van der Waals surface area contributed by atoms with Crippen LogP contribution in [0, 0.1) is 0 Å². The van der Waals surface area contributed by atoms with Crippen LogP contribution in [0.3, 0.4) is 0 Å². The number of rotatable bonds is 6. The first-order valence-corrected chi connectivity index (χ1v) is 6.96. The van der Waals surface area contributed by atoms with Crippen LogP contribution in [0.5, 0.6) is 0 Å². The molecule has 5 heteroatoms. The van der Waals surface area contributed by atoms with Crippen molar-refractivity contribution < 1.29 is 13.2 Å². The fraction of sp³-hybridized carbons (Fsp3) is 0.600. The lowest BCUT2D eigenvalue weighted by Gasteiger charge is -2.28. The van der Waals surface area contributed by atoms with Crippen molar-refractivity contribution in [3.05, 3.63) is 35.9 Å². The summed E-state index contributed by atoms with van der Waals surface area (Å²) in [5.41, 5.74) is 0.265. The summed E-state index contributed by atoms with van der Waals surface area (Å²) in [6.45, 7) is 2.29. The van der Waals surface area contributed by atoms with Crippen molar-refractivity contribution in [3.63, 3.8) is 0 Å². The Morgan fingerprint density at radius 3 is 2.35 bits per heavy atom. The normalized spacial score (nSPS) is 19.1. The molecular formula is C15H21F3N2. The van der Waals surface area contributed by atoms with Gasteiger partial charge < -0.3 is 5.32 Å². The van der Waals surface area contributed by atoms with Crippen LogP contribution < -0.4 is 5.32 Å². The monoisotopic (exact) mass is 286 g/mol. The predicted octanol–water partition coefficient (Wildman–Crippen LogP) is 3.36. The van der Waals surface area contributed by atoms with E-state index in [0.29, 0.717) is 12.6 Å². The predicted molar refractivity (Wildman–Crippen MR) is 73.5 cm³/mol. The van der Waals surface area contributed by atoms with Gasteiger partial charge in [0.2, 0.25) is 0 Å². The highest BCUT2D eigenvalue weighted by atomic mass is 19.4. The van der Waals surface area contributed by atoms with Gasteiger partial charge in [-0.05, 0) is 32.4 Å². The van der Waals surface area contributed by atoms with Crippen LogP contribution >= 0.6 is 0 Å². The Hall–Kier alpha value is -1.07. The number of nitrogens with one attached hydrogen (secondary N) is 1. The topological polar surface area (TPSA) is 15.3 Å². The molecule has 2 atom stereocenters. The molecule has 0 heterocycles. The molecule has 1 aliphatic rings. The van der Waals surface area contributed by atoms with E-state index in [4.69, 9.17) is 0 Å². The Labute approximate surface area is 118 Å². The van der Waals surface area contributed by atoms with Crippen LogP contribution in [-0.2, 0) is 0 Å². The number of likely N-dealkylation sites (N-methyl/N-ethyl adjacent to an activating group) is 1. The standard InChI is InChI=1S/C15H21F3N2/c1-11(20(2)13-8-9-13)10-19-14(15(16,17)18)12-6-4-3-5-7-12/h3-7,11,13-14,19H,8-10H2,1-2H3. The van der Waals surface area contributed by atoms with E-state index in [0.717, 1.165) is 12.8 Å². The summed E-state index contributed by atoms with van der Waals surface area (Å²) in [5, 5.41) is 2.67. The van der Waals surface area contributed by atoms with Crippen molar-refractivity contribution >= 4 is 0 Å². The number of benzene rings is 1. The van der Waals surface area contributed by atoms with E-state index in [1.165, 1.54) is 12.1 Å². The average molecular weight is 286 g/mol. The fourth-order valence-corrected chi connectivity index (χ4v) is 2.34. The zero-order valence-corrected chi connectivity index (χ0v) is 11.8. The Balaban J connectivity index is 1.98. The molecule has 2 nitrogen and oxygen atoms in total. The van der Waals surface area contributed by atoms with E-state index in [1.54, 1.807) is 18.2 Å². The SMILES string of the molecule is CC(CNC(c1ccccc1)C(F)(F)F)N(C)C1CC1. The van der Waals surface area contributed by atoms with Gasteiger partial charge in [0, 0.05) is 18.6 Å². The van der Waals surface area contributed by atoms with Crippen LogP contribution in [0.4, 0.5) is 13.2 Å². The average Bonchev–Trinajstić information content (AvgIpc) is 3.22. The quantitative estimate of drug-likeness (QED) is 0.862. The smallest absolute Gasteiger partial charge is 0.301 e. The molecule has 20 heavy (non-hydrogen) atoms. The molecule has 0 bridgehead atoms. The molecule has 1 fully saturated rings. The van der Waals surface area contributed by atoms with Crippen LogP contribution in [-0.4, -0.2) is 36.8 Å². The molecule has 0 saturated heterocycles. The highest BCUT2D eigenvalue weighted by Gasteiger charge is 2.41. The molecule has 1 aromatic rings. The zero-order valence-electron chi connectivity index (χ0n) is 11.8. The first-order chi connectivity index (χ1) is 9.39. The summed E-state index contributed by atoms with van der Waals surface area (Å²) in [7, 11) is 1.98. The minimum atomic E-state index is -4.28. The molecule has 0 amide bonds. The second-order valence-corrected chi connectivity index (χ2v) is 5.54. The molecule has 1 aromatic carbocycles. The summed E-state index contributed by atoms with van der Waals surface area (Å²) in [4.78, 5) is 2.16. The van der Waals surface area contributed by atoms with Crippen molar-refractivity contribution in [2.24, 2.45) is 0 Å². The molecular weight excluding hydrogens is 265 g/mol. The van der Waals surface area contributed by atoms with Crippen molar-refractivity contribution in [1.82, 2.24) is 10.2 Å². The lowest BCUT2D eigenvalue weighted by molar-refractivity contribution is -0.158. The summed E-state index contributed by atoms with van der Waals surface area (Å²) in [6.07, 6.45) is -1.97. The maximum absolute atomic E-state index is 13.2. The molecule has 1 saturated carbocycles. The van der Waals surface area contributed by atoms with Crippen molar-refractivity contribution in [1.29, 1.82) is 0 Å². The lowest BCUT2D eigenvalue weighted by Crippen LogP contribution is -2.43. The van der Waals surface area contributed by atoms with Gasteiger partial charge in [-0.3, -0.25) is 4.90 Å². The third-order valence-corrected chi connectivity index (χ3v) is 3.90. The summed E-state index contributed by atoms with van der Waals surface area (Å²) in [6, 6.07) is 7.06. The van der Waals surface area contributed by atoms with Crippen molar-refractivity contribution in [3.8, 4) is 0 Å². The van der Waals surface area contributed by atoms with Crippen LogP contribution in [0.1, 0.15) is 31.4 Å². The highest BCUT2D eigenvalue weighted by Crippen LogP contribution is 2.33. The van der Waals surface area contributed by atoms with Gasteiger partial charge in [-0.1, -0.05) is 30.3 Å². The first-order valence-electron chi connectivity index (χ1n) is 6.96. The lowest BCUT2D eigenvalue weighted by atomic mass is 10.1. The van der Waals surface area contributed by atoms with E-state index in [9.17, 15) is 13.2 Å². The summed E-state index contributed by atoms with van der Waals surface area (Å²) < 4.78 is 39.5. The van der Waals surface area contributed by atoms with Crippen LogP contribution in [0.2, 0.25) is 0 Å². The van der Waals surface area contributed by atoms with Gasteiger partial charge in [0.1, 0.15) is 6.04 Å². The van der Waals surface area contributed by atoms with Gasteiger partial charge in [-0.25, -0.2) is 0 Å². The third-order valence-electron chi connectivity index (χ3n) is 3.90. The number of alkyl halides is 3. The van der Waals surface area contributed by atoms with E-state index >= 15 is 0 Å². The Morgan fingerprint density at radius 2 is 1.85 bits per heavy atom. The Bertz CT molecular complexity index is 415. The van der Waals surface area contributed by atoms with E-state index in [-0.39, 0.29) is 11.6 Å². The number of hydrogen-bond donors (Lipinski definition) is 1. The maximum Gasteiger partial charge on any atom is 0.407 e. The molecule has 1 N–H and O–H groups in total. The number of halogens is 3. The van der Waals surface area contributed by atoms with Crippen molar-refractivity contribution in [2.45, 2.75) is 44.1 Å². The Morgan fingerprint density at radius 1 is 1.25 bits per heavy atom. The molecule has 2 unspecified atom stereocenters. The minimum Gasteiger partial charge on any atom is -0.301 e. The van der Waals surface area contributed by atoms with Gasteiger partial charge in [-0.2, -0.15) is 13.2 Å². The fourth-order valence-electron chi connectivity index (χ4n) is 2.34. The highest BCUT2D eigenvalue weighted by molar-refractivity contribution is 5.20. The zero-order chi connectivity index (χ0) is 14.8. The van der Waals surface area contributed by atoms with Crippen LogP contribution in [0.15, 0.2) is 30.3 Å². The van der Waals surface area contributed by atoms with E-state index in [2.05, 4.69) is 10.2 Å². The number of nitrogens with zero attached hydrogens (tertiary/aromatic N) is 1. The second kappa shape index (κ2) is 6.14. The summed E-state index contributed by atoms with van der Waals surface area (Å²) in [5.74, 6) is 0. The largest absolute Gasteiger partial charge is 0.407 e. The molecule has 0 aromatic heterocycles. The first kappa shape index (κ1) is 15.3. The Kier molecular flexibility index (Phi) is 4.70. The van der Waals surface area contributed by atoms with Gasteiger partial charge in [-0.15, -0.1) is 0 Å². The minimum absolute atomic E-state index is 0.0936. The molecule has 2 rings (SSSR count). The third kappa shape index (κ3) is 3.96. The summed E-state index contributed by atoms with van der Waals surface area (Å²) >= 11 is 0. The molecule has 0 aliphatic heterocycles. The van der Waals surface area contributed by atoms with E-state index in [1.807, 2.05) is 14.0 Å².